The van der Waals surface area contributed by atoms with E-state index in [9.17, 15) is 9.59 Å². The van der Waals surface area contributed by atoms with E-state index < -0.39 is 5.97 Å². The zero-order valence-electron chi connectivity index (χ0n) is 12.0. The SMILES string of the molecule is Cc1cc(OCC(=O)NCCCCCC(=O)O)ccc1Cl. The van der Waals surface area contributed by atoms with Crippen LogP contribution in [0.1, 0.15) is 31.2 Å². The third-order valence-corrected chi connectivity index (χ3v) is 3.31. The predicted molar refractivity (Wildman–Crippen MR) is 80.8 cm³/mol. The molecule has 0 heterocycles. The summed E-state index contributed by atoms with van der Waals surface area (Å²) in [6.07, 6.45) is 2.35. The Labute approximate surface area is 129 Å². The summed E-state index contributed by atoms with van der Waals surface area (Å²) in [6.45, 7) is 2.35. The fraction of sp³-hybridized carbons (Fsp3) is 0.467. The van der Waals surface area contributed by atoms with Crippen molar-refractivity contribution in [3.8, 4) is 5.75 Å². The van der Waals surface area contributed by atoms with Gasteiger partial charge in [-0.1, -0.05) is 18.0 Å². The van der Waals surface area contributed by atoms with Crippen LogP contribution in [0.4, 0.5) is 0 Å². The Bertz CT molecular complexity index is 491. The molecule has 0 bridgehead atoms. The van der Waals surface area contributed by atoms with Gasteiger partial charge in [-0.3, -0.25) is 9.59 Å². The molecule has 0 spiro atoms. The molecule has 0 radical (unpaired) electrons. The van der Waals surface area contributed by atoms with Gasteiger partial charge in [0.25, 0.3) is 5.91 Å². The van der Waals surface area contributed by atoms with Crippen LogP contribution in [0.15, 0.2) is 18.2 Å². The number of carbonyl (C=O) groups excluding carboxylic acids is 1. The number of unbranched alkanes of at least 4 members (excludes halogenated alkanes) is 2. The minimum absolute atomic E-state index is 0.0454. The molecule has 0 atom stereocenters. The number of hydrogen-bond acceptors (Lipinski definition) is 3. The van der Waals surface area contributed by atoms with Crippen LogP contribution in [0, 0.1) is 6.92 Å². The van der Waals surface area contributed by atoms with Gasteiger partial charge in [-0.05, 0) is 43.5 Å². The number of carboxylic acid groups (broad SMARTS) is 1. The summed E-state index contributed by atoms with van der Waals surface area (Å²) in [5.41, 5.74) is 0.896. The van der Waals surface area contributed by atoms with Crippen molar-refractivity contribution < 1.29 is 19.4 Å². The van der Waals surface area contributed by atoms with Crippen LogP contribution < -0.4 is 10.1 Å². The first-order valence-corrected chi connectivity index (χ1v) is 7.24. The van der Waals surface area contributed by atoms with Crippen molar-refractivity contribution in [2.24, 2.45) is 0 Å². The minimum atomic E-state index is -0.786. The van der Waals surface area contributed by atoms with Crippen molar-refractivity contribution in [2.45, 2.75) is 32.6 Å². The maximum atomic E-state index is 11.6. The van der Waals surface area contributed by atoms with Crippen LogP contribution in [0.3, 0.4) is 0 Å². The molecule has 0 aliphatic carbocycles. The molecule has 5 nitrogen and oxygen atoms in total. The Balaban J connectivity index is 2.13. The van der Waals surface area contributed by atoms with E-state index in [0.717, 1.165) is 18.4 Å². The maximum Gasteiger partial charge on any atom is 0.303 e. The number of benzene rings is 1. The normalized spacial score (nSPS) is 10.2. The number of hydrogen-bond donors (Lipinski definition) is 2. The number of ether oxygens (including phenoxy) is 1. The quantitative estimate of drug-likeness (QED) is 0.687. The molecule has 0 aliphatic heterocycles. The highest BCUT2D eigenvalue weighted by molar-refractivity contribution is 6.31. The number of aliphatic carboxylic acids is 1. The highest BCUT2D eigenvalue weighted by Crippen LogP contribution is 2.20. The summed E-state index contributed by atoms with van der Waals surface area (Å²) in [4.78, 5) is 21.9. The molecule has 0 saturated carbocycles. The van der Waals surface area contributed by atoms with Crippen molar-refractivity contribution in [3.63, 3.8) is 0 Å². The van der Waals surface area contributed by atoms with E-state index in [1.54, 1.807) is 18.2 Å². The second-order valence-electron chi connectivity index (χ2n) is 4.75. The Kier molecular flexibility index (Phi) is 7.61. The van der Waals surface area contributed by atoms with Crippen LogP contribution >= 0.6 is 11.6 Å². The Morgan fingerprint density at radius 2 is 2.05 bits per heavy atom. The Morgan fingerprint density at radius 1 is 1.29 bits per heavy atom. The summed E-state index contributed by atoms with van der Waals surface area (Å²) in [7, 11) is 0. The first kappa shape index (κ1) is 17.3. The van der Waals surface area contributed by atoms with Crippen molar-refractivity contribution in [1.29, 1.82) is 0 Å². The molecule has 0 aromatic heterocycles. The van der Waals surface area contributed by atoms with E-state index in [4.69, 9.17) is 21.4 Å². The third-order valence-electron chi connectivity index (χ3n) is 2.89. The smallest absolute Gasteiger partial charge is 0.303 e. The molecule has 1 amide bonds. The molecule has 21 heavy (non-hydrogen) atoms. The summed E-state index contributed by atoms with van der Waals surface area (Å²) >= 11 is 5.90. The number of aryl methyl sites for hydroxylation is 1. The molecule has 0 unspecified atom stereocenters. The predicted octanol–water partition coefficient (Wildman–Crippen LogP) is 2.79. The van der Waals surface area contributed by atoms with Gasteiger partial charge in [0.1, 0.15) is 5.75 Å². The Hall–Kier alpha value is -1.75. The fourth-order valence-corrected chi connectivity index (χ4v) is 1.83. The zero-order chi connectivity index (χ0) is 15.7. The van der Waals surface area contributed by atoms with E-state index in [2.05, 4.69) is 5.32 Å². The summed E-state index contributed by atoms with van der Waals surface area (Å²) in [5, 5.41) is 11.9. The molecule has 1 rings (SSSR count). The van der Waals surface area contributed by atoms with E-state index >= 15 is 0 Å². The summed E-state index contributed by atoms with van der Waals surface area (Å²) < 4.78 is 5.36. The van der Waals surface area contributed by atoms with Gasteiger partial charge in [-0.25, -0.2) is 0 Å². The average molecular weight is 314 g/mol. The van der Waals surface area contributed by atoms with E-state index in [1.165, 1.54) is 0 Å². The number of carbonyl (C=O) groups is 2. The monoisotopic (exact) mass is 313 g/mol. The third kappa shape index (κ3) is 7.56. The standard InChI is InChI=1S/C15H20ClNO4/c1-11-9-12(6-7-13(11)16)21-10-14(18)17-8-4-2-3-5-15(19)20/h6-7,9H,2-5,8,10H2,1H3,(H,17,18)(H,19,20). The van der Waals surface area contributed by atoms with Crippen molar-refractivity contribution in [1.82, 2.24) is 5.32 Å². The van der Waals surface area contributed by atoms with Gasteiger partial charge >= 0.3 is 5.97 Å². The van der Waals surface area contributed by atoms with Crippen LogP contribution in [0.5, 0.6) is 5.75 Å². The van der Waals surface area contributed by atoms with Gasteiger partial charge in [0, 0.05) is 18.0 Å². The maximum absolute atomic E-state index is 11.6. The lowest BCUT2D eigenvalue weighted by atomic mass is 10.2. The van der Waals surface area contributed by atoms with Gasteiger partial charge in [0.2, 0.25) is 0 Å². The molecule has 0 aliphatic rings. The molecule has 1 aromatic rings. The number of rotatable bonds is 9. The van der Waals surface area contributed by atoms with Crippen molar-refractivity contribution in [3.05, 3.63) is 28.8 Å². The fourth-order valence-electron chi connectivity index (χ4n) is 1.71. The largest absolute Gasteiger partial charge is 0.484 e. The topological polar surface area (TPSA) is 75.6 Å². The first-order valence-electron chi connectivity index (χ1n) is 6.86. The number of carboxylic acids is 1. The summed E-state index contributed by atoms with van der Waals surface area (Å²) in [6, 6.07) is 5.22. The van der Waals surface area contributed by atoms with Gasteiger partial charge in [-0.15, -0.1) is 0 Å². The van der Waals surface area contributed by atoms with Crippen molar-refractivity contribution in [2.75, 3.05) is 13.2 Å². The van der Waals surface area contributed by atoms with Gasteiger partial charge < -0.3 is 15.2 Å². The van der Waals surface area contributed by atoms with Gasteiger partial charge in [0.05, 0.1) is 0 Å². The molecule has 116 valence electrons. The second-order valence-corrected chi connectivity index (χ2v) is 5.16. The molecule has 6 heteroatoms. The van der Waals surface area contributed by atoms with Crippen LogP contribution in [0.25, 0.3) is 0 Å². The average Bonchev–Trinajstić information content (AvgIpc) is 2.43. The molecule has 1 aromatic carbocycles. The number of nitrogens with one attached hydrogen (secondary N) is 1. The van der Waals surface area contributed by atoms with Gasteiger partial charge in [-0.2, -0.15) is 0 Å². The van der Waals surface area contributed by atoms with E-state index in [1.807, 2.05) is 6.92 Å². The Morgan fingerprint density at radius 3 is 2.71 bits per heavy atom. The number of amides is 1. The second kappa shape index (κ2) is 9.23. The lowest BCUT2D eigenvalue weighted by Crippen LogP contribution is -2.29. The van der Waals surface area contributed by atoms with Gasteiger partial charge in [0.15, 0.2) is 6.61 Å². The molecular formula is C15H20ClNO4. The highest BCUT2D eigenvalue weighted by atomic mass is 35.5. The van der Waals surface area contributed by atoms with Crippen LogP contribution in [0.2, 0.25) is 5.02 Å². The molecular weight excluding hydrogens is 294 g/mol. The lowest BCUT2D eigenvalue weighted by Gasteiger charge is -2.08. The van der Waals surface area contributed by atoms with E-state index in [0.29, 0.717) is 23.7 Å². The molecule has 0 fully saturated rings. The lowest BCUT2D eigenvalue weighted by molar-refractivity contribution is -0.137. The summed E-state index contributed by atoms with van der Waals surface area (Å²) in [5.74, 6) is -0.375. The molecule has 0 saturated heterocycles. The van der Waals surface area contributed by atoms with Crippen molar-refractivity contribution >= 4 is 23.5 Å². The highest BCUT2D eigenvalue weighted by Gasteiger charge is 2.04. The van der Waals surface area contributed by atoms with Crippen LogP contribution in [-0.4, -0.2) is 30.1 Å². The first-order chi connectivity index (χ1) is 9.99. The minimum Gasteiger partial charge on any atom is -0.484 e. The van der Waals surface area contributed by atoms with Crippen LogP contribution in [-0.2, 0) is 9.59 Å². The molecule has 2 N–H and O–H groups in total. The number of halogens is 1. The zero-order valence-corrected chi connectivity index (χ0v) is 12.8. The van der Waals surface area contributed by atoms with E-state index in [-0.39, 0.29) is 18.9 Å².